The second kappa shape index (κ2) is 7.25. The summed E-state index contributed by atoms with van der Waals surface area (Å²) < 4.78 is 10.6. The predicted octanol–water partition coefficient (Wildman–Crippen LogP) is 4.08. The van der Waals surface area contributed by atoms with Crippen molar-refractivity contribution in [2.45, 2.75) is 20.5 Å². The van der Waals surface area contributed by atoms with E-state index in [2.05, 4.69) is 0 Å². The summed E-state index contributed by atoms with van der Waals surface area (Å²) in [5.74, 6) is 0.0646. The van der Waals surface area contributed by atoms with Gasteiger partial charge in [0.2, 0.25) is 0 Å². The average Bonchev–Trinajstić information content (AvgIpc) is 2.46. The van der Waals surface area contributed by atoms with Crippen LogP contribution in [-0.2, 0) is 16.1 Å². The molecule has 0 saturated carbocycles. The molecule has 4 heteroatoms. The maximum atomic E-state index is 11.7. The Balaban J connectivity index is 1.85. The highest BCUT2D eigenvalue weighted by Gasteiger charge is 2.08. The van der Waals surface area contributed by atoms with E-state index in [4.69, 9.17) is 21.1 Å². The van der Waals surface area contributed by atoms with Gasteiger partial charge in [-0.05, 0) is 42.7 Å². The summed E-state index contributed by atoms with van der Waals surface area (Å²) in [5.41, 5.74) is 2.78. The monoisotopic (exact) mass is 304 g/mol. The van der Waals surface area contributed by atoms with E-state index >= 15 is 0 Å². The van der Waals surface area contributed by atoms with E-state index in [-0.39, 0.29) is 6.61 Å². The molecule has 0 bridgehead atoms. The summed E-state index contributed by atoms with van der Waals surface area (Å²) in [7, 11) is 0. The van der Waals surface area contributed by atoms with Gasteiger partial charge in [-0.2, -0.15) is 0 Å². The molecule has 0 amide bonds. The number of rotatable bonds is 5. The second-order valence-electron chi connectivity index (χ2n) is 4.82. The normalized spacial score (nSPS) is 10.4. The van der Waals surface area contributed by atoms with E-state index in [0.29, 0.717) is 17.4 Å². The molecule has 21 heavy (non-hydrogen) atoms. The lowest BCUT2D eigenvalue weighted by Crippen LogP contribution is -2.15. The first-order chi connectivity index (χ1) is 10.1. The highest BCUT2D eigenvalue weighted by molar-refractivity contribution is 6.32. The minimum atomic E-state index is -0.424. The number of benzene rings is 2. The lowest BCUT2D eigenvalue weighted by molar-refractivity contribution is -0.139. The molecule has 0 radical (unpaired) electrons. The summed E-state index contributed by atoms with van der Waals surface area (Å²) in [6, 6.07) is 13.2. The highest BCUT2D eigenvalue weighted by atomic mass is 35.5. The van der Waals surface area contributed by atoms with Gasteiger partial charge in [-0.3, -0.25) is 0 Å². The number of hydrogen-bond acceptors (Lipinski definition) is 3. The first-order valence-corrected chi connectivity index (χ1v) is 7.03. The van der Waals surface area contributed by atoms with Gasteiger partial charge in [-0.25, -0.2) is 4.79 Å². The standard InChI is InChI=1S/C17H17ClO3/c1-12-8-15(9-13(2)17(12)18)21-16(19)11-20-10-14-6-4-3-5-7-14/h3-9H,10-11H2,1-2H3. The molecule has 2 aromatic carbocycles. The zero-order valence-corrected chi connectivity index (χ0v) is 12.8. The van der Waals surface area contributed by atoms with Crippen LogP contribution in [0.5, 0.6) is 5.75 Å². The van der Waals surface area contributed by atoms with Crippen LogP contribution in [0.15, 0.2) is 42.5 Å². The number of aryl methyl sites for hydroxylation is 2. The lowest BCUT2D eigenvalue weighted by atomic mass is 10.1. The molecule has 0 aliphatic heterocycles. The zero-order chi connectivity index (χ0) is 15.2. The molecule has 0 unspecified atom stereocenters. The van der Waals surface area contributed by atoms with E-state index in [9.17, 15) is 4.79 Å². The molecule has 0 N–H and O–H groups in total. The number of esters is 1. The third kappa shape index (κ3) is 4.59. The molecule has 0 saturated heterocycles. The molecule has 0 fully saturated rings. The Bertz CT molecular complexity index is 600. The van der Waals surface area contributed by atoms with Gasteiger partial charge in [0, 0.05) is 5.02 Å². The van der Waals surface area contributed by atoms with Crippen molar-refractivity contribution in [1.82, 2.24) is 0 Å². The van der Waals surface area contributed by atoms with Gasteiger partial charge in [-0.15, -0.1) is 0 Å². The fourth-order valence-corrected chi connectivity index (χ4v) is 2.06. The third-order valence-electron chi connectivity index (χ3n) is 2.97. The van der Waals surface area contributed by atoms with E-state index in [1.807, 2.05) is 44.2 Å². The molecule has 0 aliphatic rings. The average molecular weight is 305 g/mol. The largest absolute Gasteiger partial charge is 0.425 e. The molecule has 0 atom stereocenters. The van der Waals surface area contributed by atoms with Crippen LogP contribution in [-0.4, -0.2) is 12.6 Å². The smallest absolute Gasteiger partial charge is 0.337 e. The van der Waals surface area contributed by atoms with Gasteiger partial charge < -0.3 is 9.47 Å². The number of hydrogen-bond donors (Lipinski definition) is 0. The van der Waals surface area contributed by atoms with Crippen molar-refractivity contribution in [3.8, 4) is 5.75 Å². The Morgan fingerprint density at radius 2 is 1.71 bits per heavy atom. The van der Waals surface area contributed by atoms with Gasteiger partial charge >= 0.3 is 5.97 Å². The van der Waals surface area contributed by atoms with Gasteiger partial charge in [0.05, 0.1) is 6.61 Å². The predicted molar refractivity (Wildman–Crippen MR) is 82.7 cm³/mol. The van der Waals surface area contributed by atoms with Crippen molar-refractivity contribution in [3.63, 3.8) is 0 Å². The summed E-state index contributed by atoms with van der Waals surface area (Å²) in [6.45, 7) is 4.04. The summed E-state index contributed by atoms with van der Waals surface area (Å²) >= 11 is 6.07. The number of carbonyl (C=O) groups is 1. The Labute approximate surface area is 129 Å². The zero-order valence-electron chi connectivity index (χ0n) is 12.1. The lowest BCUT2D eigenvalue weighted by Gasteiger charge is -2.09. The van der Waals surface area contributed by atoms with Crippen LogP contribution in [0.4, 0.5) is 0 Å². The molecule has 2 rings (SSSR count). The molecule has 0 aromatic heterocycles. The topological polar surface area (TPSA) is 35.5 Å². The quantitative estimate of drug-likeness (QED) is 0.617. The Morgan fingerprint density at radius 3 is 2.33 bits per heavy atom. The van der Waals surface area contributed by atoms with Crippen LogP contribution < -0.4 is 4.74 Å². The molecule has 3 nitrogen and oxygen atoms in total. The van der Waals surface area contributed by atoms with E-state index < -0.39 is 5.97 Å². The van der Waals surface area contributed by atoms with Gasteiger partial charge in [0.1, 0.15) is 12.4 Å². The number of carbonyl (C=O) groups excluding carboxylic acids is 1. The maximum Gasteiger partial charge on any atom is 0.337 e. The van der Waals surface area contributed by atoms with Crippen molar-refractivity contribution in [2.24, 2.45) is 0 Å². The Morgan fingerprint density at radius 1 is 1.10 bits per heavy atom. The first kappa shape index (κ1) is 15.5. The Hall–Kier alpha value is -1.84. The fourth-order valence-electron chi connectivity index (χ4n) is 1.95. The Kier molecular flexibility index (Phi) is 5.37. The molecule has 110 valence electrons. The van der Waals surface area contributed by atoms with Crippen LogP contribution >= 0.6 is 11.6 Å². The molecule has 2 aromatic rings. The summed E-state index contributed by atoms with van der Waals surface area (Å²) in [4.78, 5) is 11.7. The van der Waals surface area contributed by atoms with Crippen molar-refractivity contribution in [2.75, 3.05) is 6.61 Å². The first-order valence-electron chi connectivity index (χ1n) is 6.65. The van der Waals surface area contributed by atoms with Crippen LogP contribution in [0.25, 0.3) is 0 Å². The summed E-state index contributed by atoms with van der Waals surface area (Å²) in [6.07, 6.45) is 0. The van der Waals surface area contributed by atoms with Crippen molar-refractivity contribution in [3.05, 3.63) is 64.2 Å². The van der Waals surface area contributed by atoms with Crippen molar-refractivity contribution >= 4 is 17.6 Å². The van der Waals surface area contributed by atoms with E-state index in [1.165, 1.54) is 0 Å². The van der Waals surface area contributed by atoms with Crippen LogP contribution in [0.2, 0.25) is 5.02 Å². The summed E-state index contributed by atoms with van der Waals surface area (Å²) in [5, 5.41) is 0.690. The second-order valence-corrected chi connectivity index (χ2v) is 5.20. The fraction of sp³-hybridized carbons (Fsp3) is 0.235. The van der Waals surface area contributed by atoms with Crippen LogP contribution in [0, 0.1) is 13.8 Å². The molecular weight excluding hydrogens is 288 g/mol. The van der Waals surface area contributed by atoms with Crippen molar-refractivity contribution in [1.29, 1.82) is 0 Å². The molecule has 0 heterocycles. The van der Waals surface area contributed by atoms with Gasteiger partial charge in [0.15, 0.2) is 0 Å². The molecule has 0 aliphatic carbocycles. The SMILES string of the molecule is Cc1cc(OC(=O)COCc2ccccc2)cc(C)c1Cl. The van der Waals surface area contributed by atoms with E-state index in [1.54, 1.807) is 12.1 Å². The number of halogens is 1. The molecule has 0 spiro atoms. The molecular formula is C17H17ClO3. The van der Waals surface area contributed by atoms with Gasteiger partial charge in [0.25, 0.3) is 0 Å². The maximum absolute atomic E-state index is 11.7. The minimum absolute atomic E-state index is 0.0877. The minimum Gasteiger partial charge on any atom is -0.425 e. The van der Waals surface area contributed by atoms with E-state index in [0.717, 1.165) is 16.7 Å². The van der Waals surface area contributed by atoms with Gasteiger partial charge in [-0.1, -0.05) is 41.9 Å². The van der Waals surface area contributed by atoms with Crippen molar-refractivity contribution < 1.29 is 14.3 Å². The third-order valence-corrected chi connectivity index (χ3v) is 3.57. The number of ether oxygens (including phenoxy) is 2. The highest BCUT2D eigenvalue weighted by Crippen LogP contribution is 2.25. The van der Waals surface area contributed by atoms with Crippen LogP contribution in [0.1, 0.15) is 16.7 Å². The van der Waals surface area contributed by atoms with Crippen LogP contribution in [0.3, 0.4) is 0 Å².